The average molecular weight is 184 g/mol. The summed E-state index contributed by atoms with van der Waals surface area (Å²) >= 11 is 0. The molecule has 1 saturated carbocycles. The van der Waals surface area contributed by atoms with Gasteiger partial charge in [-0.25, -0.2) is 0 Å². The first-order chi connectivity index (χ1) is 6.20. The van der Waals surface area contributed by atoms with Gasteiger partial charge in [-0.2, -0.15) is 0 Å². The van der Waals surface area contributed by atoms with Crippen LogP contribution in [0.2, 0.25) is 0 Å². The number of primary amides is 1. The minimum atomic E-state index is -0.237. The van der Waals surface area contributed by atoms with Crippen molar-refractivity contribution < 1.29 is 9.53 Å². The highest BCUT2D eigenvalue weighted by atomic mass is 16.5. The zero-order chi connectivity index (χ0) is 9.31. The molecule has 1 unspecified atom stereocenters. The molecule has 3 N–H and O–H groups in total. The summed E-state index contributed by atoms with van der Waals surface area (Å²) in [4.78, 5) is 10.9. The maximum absolute atomic E-state index is 10.9. The van der Waals surface area contributed by atoms with E-state index in [1.54, 1.807) is 0 Å². The Labute approximate surface area is 77.8 Å². The quantitative estimate of drug-likeness (QED) is 0.634. The van der Waals surface area contributed by atoms with Crippen molar-refractivity contribution in [1.82, 2.24) is 5.32 Å². The summed E-state index contributed by atoms with van der Waals surface area (Å²) in [7, 11) is 0. The Bertz CT molecular complexity index is 208. The number of carbonyl (C=O) groups is 1. The van der Waals surface area contributed by atoms with Gasteiger partial charge in [-0.05, 0) is 19.3 Å². The van der Waals surface area contributed by atoms with Gasteiger partial charge in [-0.15, -0.1) is 0 Å². The second-order valence-corrected chi connectivity index (χ2v) is 4.14. The molecule has 1 aliphatic heterocycles. The summed E-state index contributed by atoms with van der Waals surface area (Å²) in [6, 6.07) is 0.598. The molecule has 0 aromatic rings. The van der Waals surface area contributed by atoms with Gasteiger partial charge in [-0.3, -0.25) is 4.79 Å². The molecule has 4 nitrogen and oxygen atoms in total. The van der Waals surface area contributed by atoms with Crippen molar-refractivity contribution in [3.05, 3.63) is 0 Å². The molecule has 0 bridgehead atoms. The van der Waals surface area contributed by atoms with Crippen molar-refractivity contribution in [1.29, 1.82) is 0 Å². The molecule has 4 heteroatoms. The van der Waals surface area contributed by atoms with Crippen LogP contribution in [0, 0.1) is 0 Å². The lowest BCUT2D eigenvalue weighted by molar-refractivity contribution is -0.119. The molecule has 1 saturated heterocycles. The summed E-state index contributed by atoms with van der Waals surface area (Å²) < 4.78 is 5.32. The molecule has 1 amide bonds. The van der Waals surface area contributed by atoms with Crippen LogP contribution >= 0.6 is 0 Å². The Morgan fingerprint density at radius 3 is 2.85 bits per heavy atom. The molecule has 74 valence electrons. The first-order valence-corrected chi connectivity index (χ1v) is 4.84. The third-order valence-electron chi connectivity index (χ3n) is 2.70. The van der Waals surface area contributed by atoms with Crippen LogP contribution in [0.1, 0.15) is 25.7 Å². The maximum atomic E-state index is 10.9. The van der Waals surface area contributed by atoms with Crippen LogP contribution in [0.15, 0.2) is 0 Å². The van der Waals surface area contributed by atoms with E-state index in [9.17, 15) is 4.79 Å². The average Bonchev–Trinajstić information content (AvgIpc) is 2.70. The second-order valence-electron chi connectivity index (χ2n) is 4.14. The van der Waals surface area contributed by atoms with Gasteiger partial charge in [0, 0.05) is 19.1 Å². The summed E-state index contributed by atoms with van der Waals surface area (Å²) in [5.41, 5.74) is 5.07. The van der Waals surface area contributed by atoms with E-state index in [1.807, 2.05) is 0 Å². The predicted octanol–water partition coefficient (Wildman–Crippen LogP) is -0.227. The van der Waals surface area contributed by atoms with Crippen molar-refractivity contribution >= 4 is 5.91 Å². The lowest BCUT2D eigenvalue weighted by atomic mass is 9.94. The number of ether oxygens (including phenoxy) is 1. The minimum absolute atomic E-state index is 0.146. The van der Waals surface area contributed by atoms with E-state index < -0.39 is 0 Å². The monoisotopic (exact) mass is 184 g/mol. The maximum Gasteiger partial charge on any atom is 0.219 e. The van der Waals surface area contributed by atoms with E-state index in [0.717, 1.165) is 13.0 Å². The SMILES string of the molecule is NC(=O)CC1(NC2CC2)CCOC1. The first-order valence-electron chi connectivity index (χ1n) is 4.84. The predicted molar refractivity (Wildman–Crippen MR) is 48.1 cm³/mol. The smallest absolute Gasteiger partial charge is 0.219 e. The van der Waals surface area contributed by atoms with Gasteiger partial charge in [0.15, 0.2) is 0 Å². The molecule has 1 aliphatic carbocycles. The second kappa shape index (κ2) is 3.27. The highest BCUT2D eigenvalue weighted by Crippen LogP contribution is 2.29. The number of carbonyl (C=O) groups excluding carboxylic acids is 1. The number of hydrogen-bond donors (Lipinski definition) is 2. The van der Waals surface area contributed by atoms with Crippen LogP contribution in [0.4, 0.5) is 0 Å². The highest BCUT2D eigenvalue weighted by Gasteiger charge is 2.40. The Hall–Kier alpha value is -0.610. The topological polar surface area (TPSA) is 64.4 Å². The Kier molecular flexibility index (Phi) is 2.26. The molecule has 2 rings (SSSR count). The van der Waals surface area contributed by atoms with Crippen molar-refractivity contribution in [2.24, 2.45) is 5.73 Å². The fraction of sp³-hybridized carbons (Fsp3) is 0.889. The largest absolute Gasteiger partial charge is 0.379 e. The molecular weight excluding hydrogens is 168 g/mol. The fourth-order valence-corrected chi connectivity index (χ4v) is 1.91. The summed E-state index contributed by atoms with van der Waals surface area (Å²) in [6.07, 6.45) is 3.76. The number of rotatable bonds is 4. The number of nitrogens with two attached hydrogens (primary N) is 1. The first kappa shape index (κ1) is 8.97. The molecule has 1 heterocycles. The van der Waals surface area contributed by atoms with E-state index in [0.29, 0.717) is 19.1 Å². The molecule has 0 radical (unpaired) electrons. The summed E-state index contributed by atoms with van der Waals surface area (Å²) in [5, 5.41) is 3.47. The highest BCUT2D eigenvalue weighted by molar-refractivity contribution is 5.75. The van der Waals surface area contributed by atoms with E-state index >= 15 is 0 Å². The lowest BCUT2D eigenvalue weighted by Gasteiger charge is -2.27. The molecule has 13 heavy (non-hydrogen) atoms. The van der Waals surface area contributed by atoms with Crippen LogP contribution < -0.4 is 11.1 Å². The van der Waals surface area contributed by atoms with E-state index in [1.165, 1.54) is 12.8 Å². The van der Waals surface area contributed by atoms with Gasteiger partial charge in [0.25, 0.3) is 0 Å². The van der Waals surface area contributed by atoms with E-state index in [2.05, 4.69) is 5.32 Å². The van der Waals surface area contributed by atoms with E-state index in [-0.39, 0.29) is 11.4 Å². The fourth-order valence-electron chi connectivity index (χ4n) is 1.91. The van der Waals surface area contributed by atoms with Gasteiger partial charge in [0.1, 0.15) is 0 Å². The van der Waals surface area contributed by atoms with Crippen molar-refractivity contribution in [2.45, 2.75) is 37.3 Å². The van der Waals surface area contributed by atoms with Gasteiger partial charge in [0.2, 0.25) is 5.91 Å². The van der Waals surface area contributed by atoms with Gasteiger partial charge < -0.3 is 15.8 Å². The lowest BCUT2D eigenvalue weighted by Crippen LogP contribution is -2.49. The third-order valence-corrected chi connectivity index (χ3v) is 2.70. The summed E-state index contributed by atoms with van der Waals surface area (Å²) in [6.45, 7) is 1.37. The molecule has 0 aromatic heterocycles. The normalized spacial score (nSPS) is 33.5. The molecule has 2 fully saturated rings. The Balaban J connectivity index is 1.95. The van der Waals surface area contributed by atoms with Crippen molar-refractivity contribution in [3.8, 4) is 0 Å². The molecule has 2 aliphatic rings. The minimum Gasteiger partial charge on any atom is -0.379 e. The van der Waals surface area contributed by atoms with Crippen LogP contribution in [0.3, 0.4) is 0 Å². The van der Waals surface area contributed by atoms with Crippen LogP contribution in [0.25, 0.3) is 0 Å². The number of amides is 1. The van der Waals surface area contributed by atoms with Gasteiger partial charge >= 0.3 is 0 Å². The molecule has 0 spiro atoms. The molecule has 0 aromatic carbocycles. The zero-order valence-corrected chi connectivity index (χ0v) is 7.71. The zero-order valence-electron chi connectivity index (χ0n) is 7.71. The van der Waals surface area contributed by atoms with Crippen molar-refractivity contribution in [2.75, 3.05) is 13.2 Å². The Morgan fingerprint density at radius 1 is 1.62 bits per heavy atom. The number of hydrogen-bond acceptors (Lipinski definition) is 3. The molecular formula is C9H16N2O2. The van der Waals surface area contributed by atoms with Crippen LogP contribution in [-0.2, 0) is 9.53 Å². The van der Waals surface area contributed by atoms with Crippen LogP contribution in [-0.4, -0.2) is 30.7 Å². The van der Waals surface area contributed by atoms with E-state index in [4.69, 9.17) is 10.5 Å². The van der Waals surface area contributed by atoms with Gasteiger partial charge in [-0.1, -0.05) is 0 Å². The molecule has 1 atom stereocenters. The third kappa shape index (κ3) is 2.19. The standard InChI is InChI=1S/C9H16N2O2/c10-8(12)5-9(3-4-13-6-9)11-7-1-2-7/h7,11H,1-6H2,(H2,10,12). The Morgan fingerprint density at radius 2 is 2.38 bits per heavy atom. The number of nitrogens with one attached hydrogen (secondary N) is 1. The van der Waals surface area contributed by atoms with Crippen LogP contribution in [0.5, 0.6) is 0 Å². The van der Waals surface area contributed by atoms with Gasteiger partial charge in [0.05, 0.1) is 12.1 Å². The van der Waals surface area contributed by atoms with Crippen molar-refractivity contribution in [3.63, 3.8) is 0 Å². The summed E-state index contributed by atoms with van der Waals surface area (Å²) in [5.74, 6) is -0.237.